The highest BCUT2D eigenvalue weighted by atomic mass is 32.2. The summed E-state index contributed by atoms with van der Waals surface area (Å²) in [5.74, 6) is 0.179. The van der Waals surface area contributed by atoms with E-state index in [1.807, 2.05) is 38.2 Å². The Morgan fingerprint density at radius 3 is 2.43 bits per heavy atom. The Kier molecular flexibility index (Phi) is 9.02. The van der Waals surface area contributed by atoms with Crippen LogP contribution in [0.4, 0.5) is 5.95 Å². The summed E-state index contributed by atoms with van der Waals surface area (Å²) in [6.07, 6.45) is 8.33. The molecule has 1 aliphatic carbocycles. The predicted octanol–water partition coefficient (Wildman–Crippen LogP) is 6.85. The van der Waals surface area contributed by atoms with Crippen molar-refractivity contribution >= 4 is 21.9 Å². The van der Waals surface area contributed by atoms with E-state index in [1.165, 1.54) is 18.6 Å². The second-order valence-electron chi connectivity index (χ2n) is 13.9. The zero-order valence-corrected chi connectivity index (χ0v) is 28.5. The van der Waals surface area contributed by atoms with E-state index in [4.69, 9.17) is 9.72 Å². The van der Waals surface area contributed by atoms with Gasteiger partial charge < -0.3 is 9.64 Å². The van der Waals surface area contributed by atoms with Crippen LogP contribution in [0.1, 0.15) is 91.7 Å². The van der Waals surface area contributed by atoms with Gasteiger partial charge in [-0.2, -0.15) is 4.98 Å². The first-order valence-corrected chi connectivity index (χ1v) is 17.7. The number of benzene rings is 2. The first-order valence-electron chi connectivity index (χ1n) is 16.2. The highest BCUT2D eigenvalue weighted by Crippen LogP contribution is 2.35. The number of ether oxygens (including phenoxy) is 1. The fraction of sp³-hybridized carbons (Fsp3) is 0.417. The third kappa shape index (κ3) is 7.45. The summed E-state index contributed by atoms with van der Waals surface area (Å²) in [5.41, 5.74) is 5.25. The van der Waals surface area contributed by atoms with E-state index in [9.17, 15) is 13.2 Å². The summed E-state index contributed by atoms with van der Waals surface area (Å²) in [5, 5.41) is 0. The molecule has 2 aromatic carbocycles. The lowest BCUT2D eigenvalue weighted by atomic mass is 9.83. The second-order valence-corrected chi connectivity index (χ2v) is 15.6. The van der Waals surface area contributed by atoms with Crippen LogP contribution < -0.4 is 9.46 Å². The summed E-state index contributed by atoms with van der Waals surface area (Å²) in [7, 11) is -4.16. The van der Waals surface area contributed by atoms with Gasteiger partial charge in [0.2, 0.25) is 11.8 Å². The van der Waals surface area contributed by atoms with E-state index in [0.717, 1.165) is 41.6 Å². The predicted molar refractivity (Wildman–Crippen MR) is 181 cm³/mol. The van der Waals surface area contributed by atoms with Gasteiger partial charge in [0.25, 0.3) is 15.9 Å². The number of aryl methyl sites for hydroxylation is 2. The molecule has 1 amide bonds. The molecule has 3 heterocycles. The molecule has 0 unspecified atom stereocenters. The average molecular weight is 655 g/mol. The maximum atomic E-state index is 14.4. The Bertz CT molecular complexity index is 1880. The molecule has 0 saturated heterocycles. The monoisotopic (exact) mass is 654 g/mol. The van der Waals surface area contributed by atoms with Crippen LogP contribution in [0, 0.1) is 19.3 Å². The summed E-state index contributed by atoms with van der Waals surface area (Å²) >= 11 is 0. The Morgan fingerprint density at radius 2 is 1.72 bits per heavy atom. The molecular formula is C36H42N6O4S. The van der Waals surface area contributed by atoms with Crippen molar-refractivity contribution < 1.29 is 17.9 Å². The van der Waals surface area contributed by atoms with Crippen molar-refractivity contribution in [2.24, 2.45) is 5.41 Å². The normalized spacial score (nSPS) is 18.2. The van der Waals surface area contributed by atoms with E-state index < -0.39 is 10.0 Å². The molecule has 0 spiro atoms. The van der Waals surface area contributed by atoms with Gasteiger partial charge in [0.1, 0.15) is 6.61 Å². The van der Waals surface area contributed by atoms with Gasteiger partial charge in [-0.25, -0.2) is 18.1 Å². The molecule has 1 saturated carbocycles. The lowest BCUT2D eigenvalue weighted by Gasteiger charge is -2.33. The molecule has 1 N–H and O–H groups in total. The van der Waals surface area contributed by atoms with Crippen LogP contribution in [0.25, 0.3) is 11.3 Å². The molecule has 1 atom stereocenters. The molecule has 4 bridgehead atoms. The molecule has 1 fully saturated rings. The number of carbonyl (C=O) groups excluding carboxylic acids is 1. The number of hydrogen-bond acceptors (Lipinski definition) is 8. The second kappa shape index (κ2) is 13.0. The van der Waals surface area contributed by atoms with E-state index in [2.05, 4.69) is 40.4 Å². The number of anilines is 1. The first-order chi connectivity index (χ1) is 22.4. The topological polar surface area (TPSA) is 127 Å². The van der Waals surface area contributed by atoms with E-state index in [1.54, 1.807) is 29.3 Å². The van der Waals surface area contributed by atoms with Crippen molar-refractivity contribution in [1.82, 2.24) is 24.8 Å². The zero-order valence-electron chi connectivity index (χ0n) is 27.7. The molecule has 47 heavy (non-hydrogen) atoms. The quantitative estimate of drug-likeness (QED) is 0.239. The Hall–Kier alpha value is -4.38. The molecule has 11 heteroatoms. The molecular weight excluding hydrogens is 613 g/mol. The number of sulfonamides is 1. The lowest BCUT2D eigenvalue weighted by molar-refractivity contribution is 0.0549. The third-order valence-corrected chi connectivity index (χ3v) is 10.3. The van der Waals surface area contributed by atoms with Crippen LogP contribution in [-0.4, -0.2) is 51.8 Å². The maximum Gasteiger partial charge on any atom is 0.264 e. The summed E-state index contributed by atoms with van der Waals surface area (Å²) in [4.78, 5) is 34.6. The minimum Gasteiger partial charge on any atom is -0.475 e. The number of fused-ring (bicyclic) bond motifs is 4. The van der Waals surface area contributed by atoms with Gasteiger partial charge in [0.15, 0.2) is 0 Å². The van der Waals surface area contributed by atoms with Crippen molar-refractivity contribution in [3.05, 3.63) is 89.0 Å². The minimum atomic E-state index is -4.16. The Labute approximate surface area is 277 Å². The SMILES string of the molecule is Cc1cccc(C)c1-c1cc2nc(n1)NS(=O)(=O)c1cccc(c1)C(=O)N(Cc1cncc(C3CCC3)n1)[C@H](CCC(C)(C)C)CO2. The number of hydrogen-bond donors (Lipinski definition) is 1. The van der Waals surface area contributed by atoms with Crippen molar-refractivity contribution in [2.75, 3.05) is 11.3 Å². The van der Waals surface area contributed by atoms with Gasteiger partial charge in [0.05, 0.1) is 40.8 Å². The molecule has 2 aromatic heterocycles. The van der Waals surface area contributed by atoms with Crippen LogP contribution in [0.3, 0.4) is 0 Å². The molecule has 0 radical (unpaired) electrons. The van der Waals surface area contributed by atoms with E-state index in [-0.39, 0.29) is 52.8 Å². The van der Waals surface area contributed by atoms with Gasteiger partial charge in [-0.1, -0.05) is 51.5 Å². The smallest absolute Gasteiger partial charge is 0.264 e. The van der Waals surface area contributed by atoms with Crippen molar-refractivity contribution in [2.45, 2.75) is 90.1 Å². The number of amides is 1. The third-order valence-electron chi connectivity index (χ3n) is 8.97. The van der Waals surface area contributed by atoms with Crippen LogP contribution in [0.15, 0.2) is 65.8 Å². The minimum absolute atomic E-state index is 0.00460. The standard InChI is InChI=1S/C36H42N6O4S/c1-23-9-6-10-24(2)33(23)30-18-32-40-35(39-30)41-47(44,45)29-14-8-13-26(17-29)34(43)42(28(22-46-32)15-16-36(3,4)5)21-27-19-37-20-31(38-27)25-11-7-12-25/h6,8-10,13-14,17-20,25,28H,7,11-12,15-16,21-22H2,1-5H3,(H,39,40,41)/t28-/m1/s1. The number of nitrogens with zero attached hydrogens (tertiary/aromatic N) is 5. The van der Waals surface area contributed by atoms with Gasteiger partial charge in [-0.05, 0) is 74.3 Å². The molecule has 246 valence electrons. The van der Waals surface area contributed by atoms with Crippen LogP contribution in [-0.2, 0) is 16.6 Å². The van der Waals surface area contributed by atoms with Crippen LogP contribution in [0.5, 0.6) is 5.88 Å². The van der Waals surface area contributed by atoms with E-state index in [0.29, 0.717) is 23.7 Å². The number of carbonyl (C=O) groups is 1. The lowest BCUT2D eigenvalue weighted by Crippen LogP contribution is -2.44. The number of nitrogens with one attached hydrogen (secondary N) is 1. The maximum absolute atomic E-state index is 14.4. The fourth-order valence-electron chi connectivity index (χ4n) is 6.08. The van der Waals surface area contributed by atoms with Gasteiger partial charge in [-0.3, -0.25) is 14.8 Å². The summed E-state index contributed by atoms with van der Waals surface area (Å²) in [6.45, 7) is 10.8. The van der Waals surface area contributed by atoms with Crippen molar-refractivity contribution in [3.8, 4) is 17.1 Å². The average Bonchev–Trinajstić information content (AvgIpc) is 2.98. The molecule has 1 aliphatic heterocycles. The van der Waals surface area contributed by atoms with Crippen LogP contribution in [0.2, 0.25) is 0 Å². The highest BCUT2D eigenvalue weighted by Gasteiger charge is 2.31. The van der Waals surface area contributed by atoms with Crippen LogP contribution >= 0.6 is 0 Å². The van der Waals surface area contributed by atoms with Crippen molar-refractivity contribution in [3.63, 3.8) is 0 Å². The zero-order chi connectivity index (χ0) is 33.3. The largest absolute Gasteiger partial charge is 0.475 e. The fourth-order valence-corrected chi connectivity index (χ4v) is 7.07. The molecule has 6 rings (SSSR count). The van der Waals surface area contributed by atoms with E-state index >= 15 is 0 Å². The Morgan fingerprint density at radius 1 is 0.979 bits per heavy atom. The first kappa shape index (κ1) is 32.6. The molecule has 4 aromatic rings. The highest BCUT2D eigenvalue weighted by molar-refractivity contribution is 7.92. The summed E-state index contributed by atoms with van der Waals surface area (Å²) < 4.78 is 36.3. The van der Waals surface area contributed by atoms with Gasteiger partial charge in [-0.15, -0.1) is 0 Å². The summed E-state index contributed by atoms with van der Waals surface area (Å²) in [6, 6.07) is 13.4. The number of aromatic nitrogens is 4. The Balaban J connectivity index is 1.47. The van der Waals surface area contributed by atoms with Gasteiger partial charge in [0, 0.05) is 29.3 Å². The molecule has 2 aliphatic rings. The van der Waals surface area contributed by atoms with Gasteiger partial charge >= 0.3 is 0 Å². The molecule has 10 nitrogen and oxygen atoms in total. The van der Waals surface area contributed by atoms with Crippen molar-refractivity contribution in [1.29, 1.82) is 0 Å². The number of rotatable bonds is 6.